The summed E-state index contributed by atoms with van der Waals surface area (Å²) in [6, 6.07) is 19.5. The molecule has 30 heavy (non-hydrogen) atoms. The van der Waals surface area contributed by atoms with Gasteiger partial charge in [-0.25, -0.2) is 0 Å². The van der Waals surface area contributed by atoms with E-state index in [-0.39, 0.29) is 11.8 Å². The minimum absolute atomic E-state index is 0.122. The summed E-state index contributed by atoms with van der Waals surface area (Å²) in [4.78, 5) is 18.8. The molecule has 0 spiro atoms. The van der Waals surface area contributed by atoms with Gasteiger partial charge in [0.05, 0.1) is 5.92 Å². The minimum Gasteiger partial charge on any atom is -0.457 e. The fourth-order valence-electron chi connectivity index (χ4n) is 4.32. The molecule has 1 aromatic heterocycles. The lowest BCUT2D eigenvalue weighted by Gasteiger charge is -2.38. The molecule has 5 rings (SSSR count). The molecule has 1 atom stereocenters. The van der Waals surface area contributed by atoms with Gasteiger partial charge in [0, 0.05) is 48.7 Å². The first-order valence-electron chi connectivity index (χ1n) is 10.3. The Morgan fingerprint density at radius 2 is 1.60 bits per heavy atom. The highest BCUT2D eigenvalue weighted by Crippen LogP contribution is 2.44. The quantitative estimate of drug-likeness (QED) is 0.696. The number of hydrogen-bond acceptors (Lipinski definition) is 5. The molecule has 0 aliphatic carbocycles. The zero-order valence-electron chi connectivity index (χ0n) is 16.6. The first-order chi connectivity index (χ1) is 14.7. The summed E-state index contributed by atoms with van der Waals surface area (Å²) in [6.45, 7) is 3.46. The van der Waals surface area contributed by atoms with Crippen molar-refractivity contribution in [1.29, 1.82) is 0 Å². The fourth-order valence-corrected chi connectivity index (χ4v) is 5.03. The van der Waals surface area contributed by atoms with Crippen molar-refractivity contribution in [1.82, 2.24) is 9.80 Å². The van der Waals surface area contributed by atoms with Gasteiger partial charge in [0.15, 0.2) is 0 Å². The molecule has 1 N–H and O–H groups in total. The number of fused-ring (bicyclic) bond motifs is 2. The number of para-hydroxylation sites is 2. The lowest BCUT2D eigenvalue weighted by Crippen LogP contribution is -2.51. The first-order valence-corrected chi connectivity index (χ1v) is 11.2. The van der Waals surface area contributed by atoms with E-state index < -0.39 is 6.10 Å². The van der Waals surface area contributed by atoms with Gasteiger partial charge in [0.25, 0.3) is 0 Å². The maximum atomic E-state index is 13.6. The molecule has 0 radical (unpaired) electrons. The van der Waals surface area contributed by atoms with Crippen LogP contribution in [0.5, 0.6) is 11.5 Å². The number of rotatable bonds is 4. The van der Waals surface area contributed by atoms with Gasteiger partial charge in [-0.1, -0.05) is 42.5 Å². The number of nitrogens with zero attached hydrogens (tertiary/aromatic N) is 2. The molecule has 3 heterocycles. The van der Waals surface area contributed by atoms with Crippen molar-refractivity contribution in [2.75, 3.05) is 32.7 Å². The smallest absolute Gasteiger partial charge is 0.234 e. The number of thiophene rings is 1. The lowest BCUT2D eigenvalue weighted by atomic mass is 9.86. The van der Waals surface area contributed by atoms with Gasteiger partial charge in [-0.15, -0.1) is 11.3 Å². The molecule has 1 saturated heterocycles. The monoisotopic (exact) mass is 420 g/mol. The van der Waals surface area contributed by atoms with Crippen molar-refractivity contribution in [2.24, 2.45) is 0 Å². The third-order valence-electron chi connectivity index (χ3n) is 5.91. The van der Waals surface area contributed by atoms with Crippen molar-refractivity contribution in [3.63, 3.8) is 0 Å². The van der Waals surface area contributed by atoms with Gasteiger partial charge in [0.2, 0.25) is 5.91 Å². The number of β-amino-alcohol motifs (C(OH)–C–C–N with tert-alkyl or cyclic N) is 1. The Labute approximate surface area is 180 Å². The van der Waals surface area contributed by atoms with Gasteiger partial charge in [-0.05, 0) is 23.6 Å². The summed E-state index contributed by atoms with van der Waals surface area (Å²) in [6.07, 6.45) is -0.471. The maximum Gasteiger partial charge on any atom is 0.234 e. The Morgan fingerprint density at radius 3 is 2.20 bits per heavy atom. The van der Waals surface area contributed by atoms with Gasteiger partial charge in [-0.3, -0.25) is 9.69 Å². The normalized spacial score (nSPS) is 17.7. The summed E-state index contributed by atoms with van der Waals surface area (Å²) < 4.78 is 6.04. The van der Waals surface area contributed by atoms with Crippen LogP contribution >= 0.6 is 11.3 Å². The second-order valence-corrected chi connectivity index (χ2v) is 8.75. The SMILES string of the molecule is O=C(C1c2ccccc2Oc2ccccc21)N1CCN(C[C@@H](O)c2cccs2)CC1. The summed E-state index contributed by atoms with van der Waals surface area (Å²) in [5.74, 6) is 1.30. The van der Waals surface area contributed by atoms with Crippen molar-refractivity contribution >= 4 is 17.2 Å². The molecule has 5 nitrogen and oxygen atoms in total. The van der Waals surface area contributed by atoms with E-state index in [1.54, 1.807) is 11.3 Å². The molecular formula is C24H24N2O3S. The molecular weight excluding hydrogens is 396 g/mol. The highest BCUT2D eigenvalue weighted by molar-refractivity contribution is 7.10. The average molecular weight is 421 g/mol. The number of aliphatic hydroxyl groups is 1. The number of benzene rings is 2. The largest absolute Gasteiger partial charge is 0.457 e. The van der Waals surface area contributed by atoms with Gasteiger partial charge in [-0.2, -0.15) is 0 Å². The highest BCUT2D eigenvalue weighted by Gasteiger charge is 2.36. The number of carbonyl (C=O) groups is 1. The Balaban J connectivity index is 1.30. The second-order valence-electron chi connectivity index (χ2n) is 7.77. The van der Waals surface area contributed by atoms with E-state index in [1.165, 1.54) is 0 Å². The number of piperazine rings is 1. The third-order valence-corrected chi connectivity index (χ3v) is 6.89. The molecule has 154 valence electrons. The minimum atomic E-state index is -0.471. The van der Waals surface area contributed by atoms with Crippen LogP contribution in [0.25, 0.3) is 0 Å². The first kappa shape index (κ1) is 19.3. The van der Waals surface area contributed by atoms with Crippen LogP contribution in [0.3, 0.4) is 0 Å². The lowest BCUT2D eigenvalue weighted by molar-refractivity contribution is -0.133. The molecule has 2 aromatic carbocycles. The van der Waals surface area contributed by atoms with Gasteiger partial charge < -0.3 is 14.7 Å². The molecule has 0 bridgehead atoms. The van der Waals surface area contributed by atoms with E-state index in [9.17, 15) is 9.90 Å². The van der Waals surface area contributed by atoms with Crippen molar-refractivity contribution in [3.8, 4) is 11.5 Å². The fraction of sp³-hybridized carbons (Fsp3) is 0.292. The third kappa shape index (κ3) is 3.62. The van der Waals surface area contributed by atoms with Crippen LogP contribution in [-0.4, -0.2) is 53.5 Å². The second kappa shape index (κ2) is 8.22. The Hall–Kier alpha value is -2.67. The molecule has 0 saturated carbocycles. The van der Waals surface area contributed by atoms with E-state index in [1.807, 2.05) is 70.9 Å². The number of carbonyl (C=O) groups excluding carboxylic acids is 1. The number of ether oxygens (including phenoxy) is 1. The van der Waals surface area contributed by atoms with Crippen molar-refractivity contribution in [3.05, 3.63) is 82.0 Å². The summed E-state index contributed by atoms with van der Waals surface area (Å²) in [5, 5.41) is 12.4. The molecule has 2 aliphatic rings. The molecule has 1 amide bonds. The molecule has 3 aromatic rings. The Bertz CT molecular complexity index is 983. The van der Waals surface area contributed by atoms with Crippen LogP contribution < -0.4 is 4.74 Å². The molecule has 6 heteroatoms. The van der Waals surface area contributed by atoms with E-state index in [4.69, 9.17) is 4.74 Å². The zero-order chi connectivity index (χ0) is 20.5. The molecule has 2 aliphatic heterocycles. The molecule has 1 fully saturated rings. The predicted molar refractivity (Wildman–Crippen MR) is 117 cm³/mol. The van der Waals surface area contributed by atoms with E-state index >= 15 is 0 Å². The van der Waals surface area contributed by atoms with Gasteiger partial charge in [0.1, 0.15) is 17.6 Å². The topological polar surface area (TPSA) is 53.0 Å². The number of aliphatic hydroxyl groups excluding tert-OH is 1. The van der Waals surface area contributed by atoms with Crippen LogP contribution in [0.4, 0.5) is 0 Å². The maximum absolute atomic E-state index is 13.6. The number of hydrogen-bond donors (Lipinski definition) is 1. The standard InChI is InChI=1S/C24H24N2O3S/c27-19(22-10-5-15-30-22)16-25-11-13-26(14-12-25)24(28)23-17-6-1-3-8-20(17)29-21-9-4-2-7-18(21)23/h1-10,15,19,23,27H,11-14,16H2/t19-/m1/s1. The Morgan fingerprint density at radius 1 is 0.967 bits per heavy atom. The van der Waals surface area contributed by atoms with Crippen molar-refractivity contribution < 1.29 is 14.6 Å². The predicted octanol–water partition coefficient (Wildman–Crippen LogP) is 3.86. The van der Waals surface area contributed by atoms with Gasteiger partial charge >= 0.3 is 0 Å². The summed E-state index contributed by atoms with van der Waals surface area (Å²) >= 11 is 1.58. The van der Waals surface area contributed by atoms with Crippen LogP contribution in [0.1, 0.15) is 28.0 Å². The number of amides is 1. The Kier molecular flexibility index (Phi) is 5.29. The van der Waals surface area contributed by atoms with Crippen LogP contribution in [0, 0.1) is 0 Å². The summed E-state index contributed by atoms with van der Waals surface area (Å²) in [5.41, 5.74) is 1.86. The molecule has 0 unspecified atom stereocenters. The van der Waals surface area contributed by atoms with E-state index in [2.05, 4.69) is 4.90 Å². The summed E-state index contributed by atoms with van der Waals surface area (Å²) in [7, 11) is 0. The highest BCUT2D eigenvalue weighted by atomic mass is 32.1. The van der Waals surface area contributed by atoms with Crippen molar-refractivity contribution in [2.45, 2.75) is 12.0 Å². The van der Waals surface area contributed by atoms with Crippen LogP contribution in [0.2, 0.25) is 0 Å². The average Bonchev–Trinajstić information content (AvgIpc) is 3.33. The van der Waals surface area contributed by atoms with Crippen LogP contribution in [0.15, 0.2) is 66.0 Å². The van der Waals surface area contributed by atoms with E-state index in [0.717, 1.165) is 40.6 Å². The zero-order valence-corrected chi connectivity index (χ0v) is 17.4. The van der Waals surface area contributed by atoms with Crippen LogP contribution in [-0.2, 0) is 4.79 Å². The van der Waals surface area contributed by atoms with E-state index in [0.29, 0.717) is 19.6 Å².